The first-order valence-electron chi connectivity index (χ1n) is 5.93. The van der Waals surface area contributed by atoms with Crippen molar-refractivity contribution in [1.29, 1.82) is 0 Å². The monoisotopic (exact) mass is 338 g/mol. The Morgan fingerprint density at radius 1 is 1.15 bits per heavy atom. The average Bonchev–Trinajstić information content (AvgIpc) is 2.44. The van der Waals surface area contributed by atoms with E-state index in [4.69, 9.17) is 9.47 Å². The maximum atomic E-state index is 13.6. The second-order valence-corrected chi connectivity index (χ2v) is 5.02. The summed E-state index contributed by atoms with van der Waals surface area (Å²) in [7, 11) is 0. The van der Waals surface area contributed by atoms with Crippen molar-refractivity contribution in [3.8, 4) is 17.2 Å². The molecule has 0 heterocycles. The van der Waals surface area contributed by atoms with Gasteiger partial charge in [-0.05, 0) is 49.4 Å². The van der Waals surface area contributed by atoms with Crippen LogP contribution in [0.15, 0.2) is 46.9 Å². The van der Waals surface area contributed by atoms with Crippen LogP contribution < -0.4 is 9.47 Å². The summed E-state index contributed by atoms with van der Waals surface area (Å²) in [6.07, 6.45) is 0.201. The maximum absolute atomic E-state index is 13.6. The van der Waals surface area contributed by atoms with Crippen LogP contribution in [0.1, 0.15) is 6.92 Å². The van der Waals surface area contributed by atoms with Gasteiger partial charge in [0, 0.05) is 4.47 Å². The van der Waals surface area contributed by atoms with Crippen LogP contribution in [0.4, 0.5) is 4.39 Å². The van der Waals surface area contributed by atoms with Crippen LogP contribution in [0.5, 0.6) is 17.2 Å². The minimum Gasteiger partial charge on any atom is -0.483 e. The number of hydrogen-bond donors (Lipinski definition) is 0. The van der Waals surface area contributed by atoms with E-state index in [9.17, 15) is 9.18 Å². The van der Waals surface area contributed by atoms with Crippen molar-refractivity contribution in [2.24, 2.45) is 0 Å². The average molecular weight is 339 g/mol. The van der Waals surface area contributed by atoms with Gasteiger partial charge in [0.1, 0.15) is 11.5 Å². The molecule has 0 aliphatic heterocycles. The Kier molecular flexibility index (Phi) is 4.74. The normalized spacial score (nSPS) is 11.8. The molecule has 0 aromatic heterocycles. The lowest BCUT2D eigenvalue weighted by atomic mass is 10.3. The van der Waals surface area contributed by atoms with Crippen molar-refractivity contribution in [3.63, 3.8) is 0 Å². The van der Waals surface area contributed by atoms with Crippen LogP contribution >= 0.6 is 15.9 Å². The highest BCUT2D eigenvalue weighted by Crippen LogP contribution is 2.28. The molecule has 3 nitrogen and oxygen atoms in total. The fourth-order valence-electron chi connectivity index (χ4n) is 1.51. The summed E-state index contributed by atoms with van der Waals surface area (Å²) in [6, 6.07) is 11.2. The fourth-order valence-corrected chi connectivity index (χ4v) is 1.85. The van der Waals surface area contributed by atoms with Gasteiger partial charge < -0.3 is 9.47 Å². The molecular formula is C15H12BrFO3. The molecule has 2 rings (SSSR count). The van der Waals surface area contributed by atoms with Crippen molar-refractivity contribution in [1.82, 2.24) is 0 Å². The second-order valence-electron chi connectivity index (χ2n) is 4.11. The van der Waals surface area contributed by atoms with Gasteiger partial charge in [0.15, 0.2) is 24.0 Å². The van der Waals surface area contributed by atoms with Gasteiger partial charge >= 0.3 is 0 Å². The van der Waals surface area contributed by atoms with Gasteiger partial charge in [0.05, 0.1) is 0 Å². The summed E-state index contributed by atoms with van der Waals surface area (Å²) in [4.78, 5) is 10.5. The van der Waals surface area contributed by atoms with Crippen molar-refractivity contribution in [3.05, 3.63) is 52.8 Å². The smallest absolute Gasteiger partial charge is 0.166 e. The number of carbonyl (C=O) groups excluding carboxylic acids is 1. The van der Waals surface area contributed by atoms with Gasteiger partial charge in [-0.15, -0.1) is 0 Å². The molecule has 0 spiro atoms. The molecule has 20 heavy (non-hydrogen) atoms. The van der Waals surface area contributed by atoms with Gasteiger partial charge in [-0.3, -0.25) is 4.79 Å². The van der Waals surface area contributed by atoms with E-state index in [1.807, 2.05) is 0 Å². The molecule has 1 atom stereocenters. The number of ether oxygens (including phenoxy) is 2. The number of rotatable bonds is 5. The Bertz CT molecular complexity index is 599. The first-order chi connectivity index (χ1) is 9.58. The van der Waals surface area contributed by atoms with Crippen molar-refractivity contribution < 1.29 is 18.7 Å². The Morgan fingerprint density at radius 2 is 1.80 bits per heavy atom. The predicted octanol–water partition coefficient (Wildman–Crippen LogP) is 4.35. The largest absolute Gasteiger partial charge is 0.483 e. The van der Waals surface area contributed by atoms with Gasteiger partial charge in [0.25, 0.3) is 0 Å². The molecule has 2 aromatic rings. The maximum Gasteiger partial charge on any atom is 0.166 e. The van der Waals surface area contributed by atoms with Crippen LogP contribution in [-0.2, 0) is 4.79 Å². The zero-order valence-corrected chi connectivity index (χ0v) is 12.3. The van der Waals surface area contributed by atoms with E-state index in [1.54, 1.807) is 37.3 Å². The zero-order chi connectivity index (χ0) is 14.5. The molecule has 0 saturated carbocycles. The second kappa shape index (κ2) is 6.52. The fraction of sp³-hybridized carbons (Fsp3) is 0.133. The molecule has 5 heteroatoms. The zero-order valence-electron chi connectivity index (χ0n) is 10.7. The quantitative estimate of drug-likeness (QED) is 0.760. The van der Waals surface area contributed by atoms with Crippen LogP contribution in [0.3, 0.4) is 0 Å². The van der Waals surface area contributed by atoms with Crippen LogP contribution in [0.2, 0.25) is 0 Å². The lowest BCUT2D eigenvalue weighted by Gasteiger charge is -2.10. The van der Waals surface area contributed by atoms with Gasteiger partial charge in [-0.2, -0.15) is 0 Å². The van der Waals surface area contributed by atoms with E-state index in [0.717, 1.165) is 0 Å². The Labute approximate surface area is 124 Å². The molecule has 0 radical (unpaired) electrons. The molecule has 2 aromatic carbocycles. The van der Waals surface area contributed by atoms with E-state index in [-0.39, 0.29) is 5.75 Å². The van der Waals surface area contributed by atoms with E-state index in [2.05, 4.69) is 15.9 Å². The summed E-state index contributed by atoms with van der Waals surface area (Å²) in [6.45, 7) is 1.65. The lowest BCUT2D eigenvalue weighted by Crippen LogP contribution is -2.12. The number of carbonyl (C=O) groups is 1. The van der Waals surface area contributed by atoms with E-state index in [0.29, 0.717) is 22.3 Å². The summed E-state index contributed by atoms with van der Waals surface area (Å²) in [5, 5.41) is 0. The predicted molar refractivity (Wildman–Crippen MR) is 76.8 cm³/mol. The molecule has 0 aliphatic carbocycles. The summed E-state index contributed by atoms with van der Waals surface area (Å²) < 4.78 is 25.0. The first-order valence-corrected chi connectivity index (χ1v) is 6.72. The Balaban J connectivity index is 2.08. The lowest BCUT2D eigenvalue weighted by molar-refractivity contribution is -0.113. The molecule has 0 amide bonds. The first kappa shape index (κ1) is 14.5. The summed E-state index contributed by atoms with van der Waals surface area (Å²) >= 11 is 3.18. The molecule has 0 saturated heterocycles. The summed E-state index contributed by atoms with van der Waals surface area (Å²) in [5.41, 5.74) is 0. The Hall–Kier alpha value is -1.88. The van der Waals surface area contributed by atoms with E-state index in [1.165, 1.54) is 12.1 Å². The van der Waals surface area contributed by atoms with Crippen LogP contribution in [0.25, 0.3) is 0 Å². The third-order valence-corrected chi connectivity index (χ3v) is 2.95. The highest BCUT2D eigenvalue weighted by Gasteiger charge is 2.06. The number of benzene rings is 2. The third kappa shape index (κ3) is 3.81. The topological polar surface area (TPSA) is 35.5 Å². The van der Waals surface area contributed by atoms with Crippen LogP contribution in [-0.4, -0.2) is 12.4 Å². The highest BCUT2D eigenvalue weighted by atomic mass is 79.9. The molecule has 1 unspecified atom stereocenters. The Morgan fingerprint density at radius 3 is 2.40 bits per heavy atom. The summed E-state index contributed by atoms with van der Waals surface area (Å²) in [5.74, 6) is 0.725. The van der Waals surface area contributed by atoms with Crippen molar-refractivity contribution in [2.45, 2.75) is 13.0 Å². The standard InChI is InChI=1S/C15H12BrFO3/c1-10(9-18)19-12-3-5-13(6-4-12)20-15-7-2-11(16)8-14(15)17/h2-10H,1H3. The SMILES string of the molecule is CC(C=O)Oc1ccc(Oc2ccc(Br)cc2F)cc1. The number of halogens is 2. The molecule has 0 N–H and O–H groups in total. The third-order valence-electron chi connectivity index (χ3n) is 2.46. The number of aldehydes is 1. The molecule has 0 fully saturated rings. The van der Waals surface area contributed by atoms with Crippen molar-refractivity contribution in [2.75, 3.05) is 0 Å². The van der Waals surface area contributed by atoms with Gasteiger partial charge in [-0.25, -0.2) is 4.39 Å². The van der Waals surface area contributed by atoms with Gasteiger partial charge in [-0.1, -0.05) is 15.9 Å². The van der Waals surface area contributed by atoms with Crippen LogP contribution in [0, 0.1) is 5.82 Å². The molecular weight excluding hydrogens is 327 g/mol. The van der Waals surface area contributed by atoms with Gasteiger partial charge in [0.2, 0.25) is 0 Å². The highest BCUT2D eigenvalue weighted by molar-refractivity contribution is 9.10. The van der Waals surface area contributed by atoms with E-state index >= 15 is 0 Å². The molecule has 0 bridgehead atoms. The minimum absolute atomic E-state index is 0.142. The van der Waals surface area contributed by atoms with Crippen molar-refractivity contribution >= 4 is 22.2 Å². The van der Waals surface area contributed by atoms with E-state index < -0.39 is 11.9 Å². The minimum atomic E-state index is -0.509. The number of hydrogen-bond acceptors (Lipinski definition) is 3. The molecule has 104 valence electrons. The molecule has 0 aliphatic rings.